The lowest BCUT2D eigenvalue weighted by Gasteiger charge is -2.09. The van der Waals surface area contributed by atoms with Gasteiger partial charge < -0.3 is 10.5 Å². The summed E-state index contributed by atoms with van der Waals surface area (Å²) in [6.07, 6.45) is 0. The predicted molar refractivity (Wildman–Crippen MR) is 80.1 cm³/mol. The average molecular weight is 334 g/mol. The Kier molecular flexibility index (Phi) is 4.07. The minimum atomic E-state index is -3.73. The molecule has 0 saturated heterocycles. The molecule has 1 aromatic heterocycles. The lowest BCUT2D eigenvalue weighted by Crippen LogP contribution is -2.12. The number of sulfonamides is 1. The van der Waals surface area contributed by atoms with Crippen LogP contribution in [-0.4, -0.2) is 20.5 Å². The summed E-state index contributed by atoms with van der Waals surface area (Å²) >= 11 is 6.80. The van der Waals surface area contributed by atoms with Crippen LogP contribution in [0.2, 0.25) is 5.02 Å². The van der Waals surface area contributed by atoms with Crippen LogP contribution in [0.25, 0.3) is 0 Å². The van der Waals surface area contributed by atoms with Crippen molar-refractivity contribution in [3.05, 3.63) is 28.9 Å². The highest BCUT2D eigenvalue weighted by atomic mass is 35.5. The zero-order valence-corrected chi connectivity index (χ0v) is 13.1. The number of nitrogen functional groups attached to an aromatic ring is 1. The highest BCUT2D eigenvalue weighted by Crippen LogP contribution is 2.30. The molecule has 1 aromatic carbocycles. The van der Waals surface area contributed by atoms with Gasteiger partial charge >= 0.3 is 0 Å². The molecule has 0 aliphatic carbocycles. The van der Waals surface area contributed by atoms with Gasteiger partial charge in [-0.3, -0.25) is 4.72 Å². The number of nitrogens with one attached hydrogen (secondary N) is 1. The van der Waals surface area contributed by atoms with Crippen molar-refractivity contribution >= 4 is 43.8 Å². The van der Waals surface area contributed by atoms with Gasteiger partial charge in [0.05, 0.1) is 23.5 Å². The number of nitrogens with zero attached hydrogens (tertiary/aromatic N) is 1. The van der Waals surface area contributed by atoms with E-state index in [1.165, 1.54) is 13.2 Å². The molecule has 0 spiro atoms. The Labute approximate surface area is 125 Å². The molecule has 9 heteroatoms. The Hall–Kier alpha value is -1.51. The number of aryl methyl sites for hydroxylation is 1. The molecule has 0 saturated carbocycles. The van der Waals surface area contributed by atoms with E-state index in [0.717, 1.165) is 11.3 Å². The first-order valence-electron chi connectivity index (χ1n) is 5.43. The topological polar surface area (TPSA) is 94.3 Å². The fraction of sp³-hybridized carbons (Fsp3) is 0.182. The summed E-state index contributed by atoms with van der Waals surface area (Å²) in [5.41, 5.74) is 6.22. The van der Waals surface area contributed by atoms with Crippen LogP contribution in [0.5, 0.6) is 5.75 Å². The molecule has 2 aromatic rings. The number of hydrogen-bond acceptors (Lipinski definition) is 6. The van der Waals surface area contributed by atoms with E-state index < -0.39 is 10.0 Å². The van der Waals surface area contributed by atoms with Crippen molar-refractivity contribution in [1.82, 2.24) is 4.98 Å². The Morgan fingerprint density at radius 2 is 2.15 bits per heavy atom. The molecule has 6 nitrogen and oxygen atoms in total. The quantitative estimate of drug-likeness (QED) is 0.896. The number of hydrogen-bond donors (Lipinski definition) is 2. The Bertz CT molecular complexity index is 743. The molecule has 0 radical (unpaired) electrons. The van der Waals surface area contributed by atoms with E-state index in [-0.39, 0.29) is 9.34 Å². The highest BCUT2D eigenvalue weighted by Gasteiger charge is 2.21. The average Bonchev–Trinajstić information content (AvgIpc) is 2.71. The summed E-state index contributed by atoms with van der Waals surface area (Å²) in [6.45, 7) is 1.59. The molecule has 108 valence electrons. The van der Waals surface area contributed by atoms with Crippen LogP contribution in [0.1, 0.15) is 5.69 Å². The largest absolute Gasteiger partial charge is 0.495 e. The molecule has 0 unspecified atom stereocenters. The fourth-order valence-corrected chi connectivity index (χ4v) is 4.12. The Morgan fingerprint density at radius 1 is 1.45 bits per heavy atom. The molecule has 3 N–H and O–H groups in total. The molecule has 1 heterocycles. The number of nitrogens with two attached hydrogens (primary N) is 1. The second kappa shape index (κ2) is 5.47. The standard InChI is InChI=1S/C11H12ClN3O3S2/c1-6-10(19-11(13)14-6)20(16,17)15-7-3-4-8(12)9(5-7)18-2/h3-5,15H,1-2H3,(H2,13,14). The van der Waals surface area contributed by atoms with Gasteiger partial charge in [-0.25, -0.2) is 13.4 Å². The molecular formula is C11H12ClN3O3S2. The van der Waals surface area contributed by atoms with Gasteiger partial charge in [0, 0.05) is 6.07 Å². The number of anilines is 2. The summed E-state index contributed by atoms with van der Waals surface area (Å²) in [6, 6.07) is 4.59. The van der Waals surface area contributed by atoms with Gasteiger partial charge in [-0.15, -0.1) is 0 Å². The SMILES string of the molecule is COc1cc(NS(=O)(=O)c2sc(N)nc2C)ccc1Cl. The first kappa shape index (κ1) is 14.9. The van der Waals surface area contributed by atoms with Gasteiger partial charge in [0.1, 0.15) is 5.75 Å². The minimum Gasteiger partial charge on any atom is -0.495 e. The molecule has 2 rings (SSSR count). The zero-order chi connectivity index (χ0) is 14.9. The minimum absolute atomic E-state index is 0.0870. The number of ether oxygens (including phenoxy) is 1. The van der Waals surface area contributed by atoms with Crippen molar-refractivity contribution in [3.8, 4) is 5.75 Å². The first-order chi connectivity index (χ1) is 9.33. The van der Waals surface area contributed by atoms with E-state index >= 15 is 0 Å². The van der Waals surface area contributed by atoms with Crippen molar-refractivity contribution in [1.29, 1.82) is 0 Å². The molecule has 0 bridgehead atoms. The molecule has 0 aliphatic heterocycles. The Morgan fingerprint density at radius 3 is 2.70 bits per heavy atom. The maximum absolute atomic E-state index is 12.3. The summed E-state index contributed by atoms with van der Waals surface area (Å²) in [5.74, 6) is 0.382. The summed E-state index contributed by atoms with van der Waals surface area (Å²) < 4.78 is 32.1. The third-order valence-corrected chi connectivity index (χ3v) is 5.71. The summed E-state index contributed by atoms with van der Waals surface area (Å²) in [5, 5.41) is 0.602. The number of thiazole rings is 1. The zero-order valence-electron chi connectivity index (χ0n) is 10.7. The maximum Gasteiger partial charge on any atom is 0.273 e. The van der Waals surface area contributed by atoms with Gasteiger partial charge in [-0.1, -0.05) is 22.9 Å². The van der Waals surface area contributed by atoms with Crippen LogP contribution in [0, 0.1) is 6.92 Å². The fourth-order valence-electron chi connectivity index (χ4n) is 1.58. The monoisotopic (exact) mass is 333 g/mol. The number of methoxy groups -OCH3 is 1. The number of benzene rings is 1. The molecule has 20 heavy (non-hydrogen) atoms. The van der Waals surface area contributed by atoms with Crippen molar-refractivity contribution < 1.29 is 13.2 Å². The summed E-state index contributed by atoms with van der Waals surface area (Å²) in [7, 11) is -2.28. The van der Waals surface area contributed by atoms with E-state index in [9.17, 15) is 8.42 Å². The Balaban J connectivity index is 2.36. The van der Waals surface area contributed by atoms with Crippen LogP contribution in [0.15, 0.2) is 22.4 Å². The van der Waals surface area contributed by atoms with Crippen LogP contribution < -0.4 is 15.2 Å². The van der Waals surface area contributed by atoms with E-state index in [1.807, 2.05) is 0 Å². The van der Waals surface area contributed by atoms with Crippen molar-refractivity contribution in [3.63, 3.8) is 0 Å². The molecule has 0 amide bonds. The molecular weight excluding hydrogens is 322 g/mol. The van der Waals surface area contributed by atoms with Crippen molar-refractivity contribution in [2.45, 2.75) is 11.1 Å². The maximum atomic E-state index is 12.3. The lowest BCUT2D eigenvalue weighted by atomic mass is 10.3. The normalized spacial score (nSPS) is 11.3. The van der Waals surface area contributed by atoms with Crippen LogP contribution in [0.4, 0.5) is 10.8 Å². The van der Waals surface area contributed by atoms with Crippen LogP contribution in [0.3, 0.4) is 0 Å². The highest BCUT2D eigenvalue weighted by molar-refractivity contribution is 7.94. The van der Waals surface area contributed by atoms with Gasteiger partial charge in [0.15, 0.2) is 9.34 Å². The molecule has 0 fully saturated rings. The van der Waals surface area contributed by atoms with Crippen LogP contribution in [-0.2, 0) is 10.0 Å². The van der Waals surface area contributed by atoms with Crippen LogP contribution >= 0.6 is 22.9 Å². The first-order valence-corrected chi connectivity index (χ1v) is 8.10. The third kappa shape index (κ3) is 2.97. The smallest absolute Gasteiger partial charge is 0.273 e. The molecule has 0 atom stereocenters. The van der Waals surface area contributed by atoms with E-state index in [1.54, 1.807) is 19.1 Å². The third-order valence-electron chi connectivity index (χ3n) is 2.42. The second-order valence-corrected chi connectivity index (χ2v) is 7.20. The van der Waals surface area contributed by atoms with E-state index in [4.69, 9.17) is 22.1 Å². The van der Waals surface area contributed by atoms with Gasteiger partial charge in [0.2, 0.25) is 0 Å². The second-order valence-electron chi connectivity index (χ2n) is 3.88. The van der Waals surface area contributed by atoms with Gasteiger partial charge in [0.25, 0.3) is 10.0 Å². The number of rotatable bonds is 4. The number of aromatic nitrogens is 1. The van der Waals surface area contributed by atoms with E-state index in [0.29, 0.717) is 22.2 Å². The molecule has 0 aliphatic rings. The summed E-state index contributed by atoms with van der Waals surface area (Å²) in [4.78, 5) is 3.90. The van der Waals surface area contributed by atoms with Crippen molar-refractivity contribution in [2.24, 2.45) is 0 Å². The van der Waals surface area contributed by atoms with Gasteiger partial charge in [-0.05, 0) is 19.1 Å². The van der Waals surface area contributed by atoms with Crippen molar-refractivity contribution in [2.75, 3.05) is 17.6 Å². The predicted octanol–water partition coefficient (Wildman–Crippen LogP) is 2.50. The van der Waals surface area contributed by atoms with Gasteiger partial charge in [-0.2, -0.15) is 0 Å². The van der Waals surface area contributed by atoms with E-state index in [2.05, 4.69) is 9.71 Å². The number of halogens is 1. The lowest BCUT2D eigenvalue weighted by molar-refractivity contribution is 0.415.